The van der Waals surface area contributed by atoms with Gasteiger partial charge in [-0.25, -0.2) is 39.9 Å². The van der Waals surface area contributed by atoms with E-state index in [1.165, 1.54) is 0 Å². The molecule has 9 nitrogen and oxygen atoms in total. The molecule has 1 aromatic rings. The molecule has 0 spiro atoms. The highest BCUT2D eigenvalue weighted by Crippen LogP contribution is 2.10. The number of hydrogen-bond acceptors (Lipinski definition) is 9. The van der Waals surface area contributed by atoms with Crippen molar-refractivity contribution < 1.29 is 0 Å². The lowest BCUT2D eigenvalue weighted by atomic mass is 10.4. The number of nitrogens with zero attached hydrogens (tertiary/aromatic N) is 9. The first-order chi connectivity index (χ1) is 14.8. The summed E-state index contributed by atoms with van der Waals surface area (Å²) in [6, 6.07) is 5.72. The van der Waals surface area contributed by atoms with E-state index in [1.54, 1.807) is 61.0 Å². The van der Waals surface area contributed by atoms with E-state index >= 15 is 0 Å². The van der Waals surface area contributed by atoms with Crippen LogP contribution < -0.4 is 0 Å². The second-order valence-corrected chi connectivity index (χ2v) is 6.12. The quantitative estimate of drug-likeness (QED) is 0.665. The van der Waals surface area contributed by atoms with Crippen LogP contribution in [0.4, 0.5) is 0 Å². The lowest BCUT2D eigenvalue weighted by Gasteiger charge is -1.92. The van der Waals surface area contributed by atoms with Crippen molar-refractivity contribution in [2.45, 2.75) is 0 Å². The second kappa shape index (κ2) is 7.84. The Labute approximate surface area is 171 Å². The third-order valence-electron chi connectivity index (χ3n) is 3.93. The molecule has 142 valence electrons. The zero-order chi connectivity index (χ0) is 20.2. The summed E-state index contributed by atoms with van der Waals surface area (Å²) in [6.07, 6.45) is 17.7. The van der Waals surface area contributed by atoms with Gasteiger partial charge in [-0.3, -0.25) is 4.98 Å². The van der Waals surface area contributed by atoms with Crippen LogP contribution in [0.2, 0.25) is 0 Å². The van der Waals surface area contributed by atoms with Crippen LogP contribution in [-0.2, 0) is 0 Å². The summed E-state index contributed by atoms with van der Waals surface area (Å²) in [4.78, 5) is 38.6. The van der Waals surface area contributed by atoms with Crippen LogP contribution in [0.1, 0.15) is 0 Å². The summed E-state index contributed by atoms with van der Waals surface area (Å²) in [5.74, 6) is 4.30. The molecule has 0 unspecified atom stereocenters. The summed E-state index contributed by atoms with van der Waals surface area (Å²) < 4.78 is 0. The number of rotatable bonds is 0. The van der Waals surface area contributed by atoms with Gasteiger partial charge in [0, 0.05) is 12.4 Å². The minimum atomic E-state index is 0.538. The molecular formula is C21H13N9. The molecule has 9 heteroatoms. The van der Waals surface area contributed by atoms with Crippen molar-refractivity contribution in [1.82, 2.24) is 4.98 Å². The maximum atomic E-state index is 4.37. The second-order valence-electron chi connectivity index (χ2n) is 6.12. The molecule has 30 heavy (non-hydrogen) atoms. The Morgan fingerprint density at radius 3 is 0.667 bits per heavy atom. The van der Waals surface area contributed by atoms with Crippen molar-refractivity contribution in [2.24, 2.45) is 39.9 Å². The number of hydrogen-bond donors (Lipinski definition) is 0. The van der Waals surface area contributed by atoms with Gasteiger partial charge in [-0.05, 0) is 60.7 Å². The fourth-order valence-corrected chi connectivity index (χ4v) is 2.64. The molecule has 0 saturated carbocycles. The highest BCUT2D eigenvalue weighted by Gasteiger charge is 2.13. The van der Waals surface area contributed by atoms with Crippen molar-refractivity contribution in [3.63, 3.8) is 0 Å². The molecule has 0 saturated heterocycles. The molecule has 6 rings (SSSR count). The first-order valence-corrected chi connectivity index (χ1v) is 9.07. The van der Waals surface area contributed by atoms with Crippen LogP contribution in [0, 0.1) is 0 Å². The minimum absolute atomic E-state index is 0.538. The zero-order valence-electron chi connectivity index (χ0n) is 15.5. The van der Waals surface area contributed by atoms with E-state index in [9.17, 15) is 0 Å². The van der Waals surface area contributed by atoms with Crippen molar-refractivity contribution in [3.8, 4) is 0 Å². The lowest BCUT2D eigenvalue weighted by molar-refractivity contribution is 1.33. The van der Waals surface area contributed by atoms with E-state index in [4.69, 9.17) is 0 Å². The molecule has 0 radical (unpaired) electrons. The van der Waals surface area contributed by atoms with Gasteiger partial charge in [0.05, 0.1) is 0 Å². The molecule has 0 amide bonds. The fraction of sp³-hybridized carbons (Fsp3) is 0. The molecule has 5 aliphatic rings. The van der Waals surface area contributed by atoms with Gasteiger partial charge >= 0.3 is 0 Å². The van der Waals surface area contributed by atoms with Gasteiger partial charge in [-0.2, -0.15) is 0 Å². The molecule has 0 N–H and O–H groups in total. The Morgan fingerprint density at radius 2 is 0.533 bits per heavy atom. The first kappa shape index (κ1) is 17.6. The minimum Gasteiger partial charge on any atom is -0.265 e. The number of amidine groups is 8. The smallest absolute Gasteiger partial charge is 0.156 e. The summed E-state index contributed by atoms with van der Waals surface area (Å²) in [6.45, 7) is 0. The molecule has 0 aromatic carbocycles. The monoisotopic (exact) mass is 391 g/mol. The third kappa shape index (κ3) is 4.14. The number of fused-ring (bicyclic) bond motifs is 4. The normalized spacial score (nSPS) is 19.7. The average molecular weight is 391 g/mol. The molecule has 0 fully saturated rings. The van der Waals surface area contributed by atoms with Crippen molar-refractivity contribution >= 4 is 46.7 Å². The number of aliphatic imine (C=N–C) groups is 8. The molecule has 6 heterocycles. The standard InChI is InChI=1S/C16H8N8.C5H5N/c1-2-10-17-9(1)21-11-3-4-13(18-11)23-15-7-8-16(20-15)24-14-6-5-12(19-14)22-10;1-2-4-6-5-3-1/h1-8H;1-5H. The van der Waals surface area contributed by atoms with Gasteiger partial charge in [0.15, 0.2) is 46.7 Å². The Bertz CT molecular complexity index is 1050. The van der Waals surface area contributed by atoms with Gasteiger partial charge in [-0.1, -0.05) is 6.07 Å². The van der Waals surface area contributed by atoms with E-state index in [0.29, 0.717) is 46.7 Å². The van der Waals surface area contributed by atoms with Crippen LogP contribution in [0.15, 0.2) is 119 Å². The number of aromatic nitrogens is 1. The average Bonchev–Trinajstić information content (AvgIpc) is 3.56. The van der Waals surface area contributed by atoms with Gasteiger partial charge < -0.3 is 0 Å². The fourth-order valence-electron chi connectivity index (χ4n) is 2.64. The molecule has 0 aliphatic carbocycles. The third-order valence-corrected chi connectivity index (χ3v) is 3.93. The SMILES string of the molecule is C1=CC2=NC3=NC(=NC4=NC(=NC5=NC(=NC1=N2)C=C5)C=C4)C=C3.c1ccncc1. The Hall–Kier alpha value is -4.53. The summed E-state index contributed by atoms with van der Waals surface area (Å²) in [5.41, 5.74) is 0. The van der Waals surface area contributed by atoms with Crippen LogP contribution in [0.25, 0.3) is 0 Å². The van der Waals surface area contributed by atoms with Gasteiger partial charge in [0.25, 0.3) is 0 Å². The Morgan fingerprint density at radius 1 is 0.300 bits per heavy atom. The number of pyridine rings is 1. The van der Waals surface area contributed by atoms with Gasteiger partial charge in [0.2, 0.25) is 0 Å². The van der Waals surface area contributed by atoms with E-state index in [0.717, 1.165) is 0 Å². The van der Waals surface area contributed by atoms with Crippen LogP contribution >= 0.6 is 0 Å². The van der Waals surface area contributed by atoms with Crippen LogP contribution in [0.5, 0.6) is 0 Å². The van der Waals surface area contributed by atoms with Crippen molar-refractivity contribution in [3.05, 3.63) is 79.2 Å². The molecular weight excluding hydrogens is 378 g/mol. The topological polar surface area (TPSA) is 112 Å². The predicted octanol–water partition coefficient (Wildman–Crippen LogP) is 2.55. The van der Waals surface area contributed by atoms with Crippen molar-refractivity contribution in [2.75, 3.05) is 0 Å². The predicted molar refractivity (Wildman–Crippen MR) is 120 cm³/mol. The van der Waals surface area contributed by atoms with E-state index in [2.05, 4.69) is 44.9 Å². The van der Waals surface area contributed by atoms with Crippen LogP contribution in [0.3, 0.4) is 0 Å². The van der Waals surface area contributed by atoms with E-state index in [1.807, 2.05) is 18.2 Å². The lowest BCUT2D eigenvalue weighted by Crippen LogP contribution is -1.98. The zero-order valence-corrected chi connectivity index (χ0v) is 15.5. The maximum Gasteiger partial charge on any atom is 0.156 e. The highest BCUT2D eigenvalue weighted by atomic mass is 15.1. The summed E-state index contributed by atoms with van der Waals surface area (Å²) in [5, 5.41) is 0. The maximum absolute atomic E-state index is 4.37. The van der Waals surface area contributed by atoms with E-state index in [-0.39, 0.29) is 0 Å². The van der Waals surface area contributed by atoms with E-state index < -0.39 is 0 Å². The molecule has 8 bridgehead atoms. The highest BCUT2D eigenvalue weighted by molar-refractivity contribution is 6.28. The first-order valence-electron chi connectivity index (χ1n) is 9.07. The molecule has 5 aliphatic heterocycles. The van der Waals surface area contributed by atoms with Crippen molar-refractivity contribution in [1.29, 1.82) is 0 Å². The van der Waals surface area contributed by atoms with Gasteiger partial charge in [0.1, 0.15) is 0 Å². The summed E-state index contributed by atoms with van der Waals surface area (Å²) >= 11 is 0. The molecule has 1 aromatic heterocycles. The van der Waals surface area contributed by atoms with Gasteiger partial charge in [-0.15, -0.1) is 0 Å². The molecule has 0 atom stereocenters. The Kier molecular flexibility index (Phi) is 4.59. The summed E-state index contributed by atoms with van der Waals surface area (Å²) in [7, 11) is 0. The largest absolute Gasteiger partial charge is 0.265 e. The Balaban J connectivity index is 0.000000279. The van der Waals surface area contributed by atoms with Crippen LogP contribution in [-0.4, -0.2) is 51.7 Å².